The number of benzene rings is 1. The Morgan fingerprint density at radius 1 is 1.38 bits per heavy atom. The summed E-state index contributed by atoms with van der Waals surface area (Å²) in [6.07, 6.45) is 1.87. The van der Waals surface area contributed by atoms with E-state index in [2.05, 4.69) is 10.5 Å². The third-order valence-corrected chi connectivity index (χ3v) is 4.64. The maximum Gasteiger partial charge on any atom is 0.272 e. The van der Waals surface area contributed by atoms with Crippen LogP contribution in [0, 0.1) is 11.7 Å². The maximum absolute atomic E-state index is 13.7. The van der Waals surface area contributed by atoms with Gasteiger partial charge in [0.05, 0.1) is 17.8 Å². The number of anilines is 1. The van der Waals surface area contributed by atoms with E-state index in [1.165, 1.54) is 12.1 Å². The first kappa shape index (κ1) is 14.9. The fourth-order valence-electron chi connectivity index (χ4n) is 3.39. The van der Waals surface area contributed by atoms with E-state index in [9.17, 15) is 14.0 Å². The van der Waals surface area contributed by atoms with Crippen molar-refractivity contribution >= 4 is 28.8 Å². The Morgan fingerprint density at radius 3 is 2.83 bits per heavy atom. The molecule has 7 heteroatoms. The molecule has 1 saturated carbocycles. The Hall–Kier alpha value is -2.70. The molecule has 124 valence electrons. The summed E-state index contributed by atoms with van der Waals surface area (Å²) in [5.41, 5.74) is 11.5. The summed E-state index contributed by atoms with van der Waals surface area (Å²) < 4.78 is 13.7. The first-order chi connectivity index (χ1) is 11.5. The van der Waals surface area contributed by atoms with Crippen molar-refractivity contribution in [2.45, 2.75) is 19.8 Å². The molecule has 0 spiro atoms. The minimum Gasteiger partial charge on any atom is -0.398 e. The van der Waals surface area contributed by atoms with Gasteiger partial charge in [0.1, 0.15) is 5.82 Å². The highest BCUT2D eigenvalue weighted by Gasteiger charge is 2.37. The molecule has 24 heavy (non-hydrogen) atoms. The third-order valence-electron chi connectivity index (χ3n) is 4.64. The van der Waals surface area contributed by atoms with Crippen LogP contribution in [0.4, 0.5) is 10.1 Å². The van der Waals surface area contributed by atoms with E-state index in [-0.39, 0.29) is 23.1 Å². The van der Waals surface area contributed by atoms with E-state index >= 15 is 0 Å². The van der Waals surface area contributed by atoms with Gasteiger partial charge in [-0.1, -0.05) is 0 Å². The molecule has 1 aromatic carbocycles. The highest BCUT2D eigenvalue weighted by atomic mass is 19.1. The van der Waals surface area contributed by atoms with Gasteiger partial charge in [0.15, 0.2) is 0 Å². The van der Waals surface area contributed by atoms with Crippen LogP contribution in [0.3, 0.4) is 0 Å². The Morgan fingerprint density at radius 2 is 2.12 bits per heavy atom. The average Bonchev–Trinajstić information content (AvgIpc) is 3.36. The zero-order chi connectivity index (χ0) is 17.0. The van der Waals surface area contributed by atoms with Crippen LogP contribution in [0.5, 0.6) is 0 Å². The van der Waals surface area contributed by atoms with Crippen molar-refractivity contribution in [1.29, 1.82) is 0 Å². The largest absolute Gasteiger partial charge is 0.398 e. The van der Waals surface area contributed by atoms with Crippen molar-refractivity contribution in [3.63, 3.8) is 0 Å². The second-order valence-electron chi connectivity index (χ2n) is 6.54. The van der Waals surface area contributed by atoms with E-state index in [0.29, 0.717) is 24.4 Å². The fraction of sp³-hybridized carbons (Fsp3) is 0.353. The molecule has 4 rings (SSSR count). The fourth-order valence-corrected chi connectivity index (χ4v) is 3.39. The van der Waals surface area contributed by atoms with Crippen LogP contribution in [0.25, 0.3) is 5.57 Å². The first-order valence-corrected chi connectivity index (χ1v) is 7.91. The van der Waals surface area contributed by atoms with E-state index in [1.807, 2.05) is 6.92 Å². The van der Waals surface area contributed by atoms with E-state index in [4.69, 9.17) is 5.73 Å². The molecule has 0 saturated heterocycles. The molecule has 3 aliphatic rings. The second-order valence-corrected chi connectivity index (χ2v) is 6.54. The predicted molar refractivity (Wildman–Crippen MR) is 87.6 cm³/mol. The van der Waals surface area contributed by atoms with Crippen LogP contribution in [0.2, 0.25) is 0 Å². The number of nitrogens with two attached hydrogens (primary N) is 1. The summed E-state index contributed by atoms with van der Waals surface area (Å²) in [7, 11) is 0. The topological polar surface area (TPSA) is 87.8 Å². The highest BCUT2D eigenvalue weighted by molar-refractivity contribution is 6.30. The van der Waals surface area contributed by atoms with Crippen molar-refractivity contribution in [3.8, 4) is 0 Å². The molecule has 0 bridgehead atoms. The third kappa shape index (κ3) is 2.28. The lowest BCUT2D eigenvalue weighted by Crippen LogP contribution is -2.42. The smallest absolute Gasteiger partial charge is 0.272 e. The Bertz CT molecular complexity index is 839. The SMILES string of the molecule is CC1=C2C(=NNC(=O)c3cc(F)cc(N)c32)CN(C(=O)C2CC2)C1. The molecule has 0 unspecified atom stereocenters. The van der Waals surface area contributed by atoms with Crippen molar-refractivity contribution in [3.05, 3.63) is 34.6 Å². The predicted octanol–water partition coefficient (Wildman–Crippen LogP) is 1.53. The molecule has 0 aromatic heterocycles. The normalized spacial score (nSPS) is 20.0. The van der Waals surface area contributed by atoms with Crippen LogP contribution >= 0.6 is 0 Å². The zero-order valence-electron chi connectivity index (χ0n) is 13.2. The lowest BCUT2D eigenvalue weighted by atomic mass is 9.88. The zero-order valence-corrected chi connectivity index (χ0v) is 13.2. The molecular formula is C17H17FN4O2. The van der Waals surface area contributed by atoms with Gasteiger partial charge in [-0.3, -0.25) is 9.59 Å². The van der Waals surface area contributed by atoms with Crippen molar-refractivity contribution in [1.82, 2.24) is 10.3 Å². The van der Waals surface area contributed by atoms with E-state index in [0.717, 1.165) is 24.0 Å². The molecule has 0 atom stereocenters. The van der Waals surface area contributed by atoms with Gasteiger partial charge in [0, 0.05) is 29.3 Å². The number of hydrogen-bond donors (Lipinski definition) is 2. The summed E-state index contributed by atoms with van der Waals surface area (Å²) in [5.74, 6) is -0.825. The number of fused-ring (bicyclic) bond motifs is 3. The second kappa shape index (κ2) is 5.15. The standard InChI is InChI=1S/C17H17FN4O2/c1-8-6-22(17(24)9-2-3-9)7-13-14(8)15-11(16(23)21-20-13)4-10(18)5-12(15)19/h4-5,9H,2-3,6-7,19H2,1H3,(H,21,23). The minimum atomic E-state index is -0.565. The molecule has 1 aromatic rings. The minimum absolute atomic E-state index is 0.117. The number of nitrogens with zero attached hydrogens (tertiary/aromatic N) is 2. The van der Waals surface area contributed by atoms with Gasteiger partial charge in [-0.25, -0.2) is 9.82 Å². The summed E-state index contributed by atoms with van der Waals surface area (Å²) in [6, 6.07) is 2.37. The Balaban J connectivity index is 1.84. The van der Waals surface area contributed by atoms with Crippen LogP contribution in [-0.2, 0) is 4.79 Å². The van der Waals surface area contributed by atoms with Gasteiger partial charge in [-0.05, 0) is 37.5 Å². The van der Waals surface area contributed by atoms with Gasteiger partial charge < -0.3 is 10.6 Å². The Kier molecular flexibility index (Phi) is 3.19. The van der Waals surface area contributed by atoms with Gasteiger partial charge in [-0.2, -0.15) is 5.10 Å². The van der Waals surface area contributed by atoms with Crippen molar-refractivity contribution < 1.29 is 14.0 Å². The summed E-state index contributed by atoms with van der Waals surface area (Å²) in [5, 5.41) is 4.16. The molecule has 2 heterocycles. The quantitative estimate of drug-likeness (QED) is 0.767. The molecular weight excluding hydrogens is 311 g/mol. The van der Waals surface area contributed by atoms with Crippen molar-refractivity contribution in [2.24, 2.45) is 11.0 Å². The number of halogens is 1. The van der Waals surface area contributed by atoms with Crippen molar-refractivity contribution in [2.75, 3.05) is 18.8 Å². The van der Waals surface area contributed by atoms with Gasteiger partial charge in [0.2, 0.25) is 5.91 Å². The van der Waals surface area contributed by atoms with Gasteiger partial charge in [-0.15, -0.1) is 0 Å². The Labute approximate surface area is 138 Å². The van der Waals surface area contributed by atoms with Crippen LogP contribution < -0.4 is 11.2 Å². The summed E-state index contributed by atoms with van der Waals surface area (Å²) in [4.78, 5) is 26.4. The lowest BCUT2D eigenvalue weighted by Gasteiger charge is -2.31. The maximum atomic E-state index is 13.7. The molecule has 3 N–H and O–H groups in total. The molecule has 1 aliphatic carbocycles. The highest BCUT2D eigenvalue weighted by Crippen LogP contribution is 2.37. The number of carbonyl (C=O) groups excluding carboxylic acids is 2. The molecule has 1 fully saturated rings. The number of amides is 2. The van der Waals surface area contributed by atoms with Gasteiger partial charge in [0.25, 0.3) is 5.91 Å². The number of nitrogens with one attached hydrogen (secondary N) is 1. The van der Waals surface area contributed by atoms with Crippen LogP contribution in [0.1, 0.15) is 35.7 Å². The average molecular weight is 328 g/mol. The molecule has 2 amide bonds. The summed E-state index contributed by atoms with van der Waals surface area (Å²) in [6.45, 7) is 2.67. The van der Waals surface area contributed by atoms with Gasteiger partial charge >= 0.3 is 0 Å². The molecule has 2 aliphatic heterocycles. The van der Waals surface area contributed by atoms with E-state index < -0.39 is 11.7 Å². The molecule has 0 radical (unpaired) electrons. The van der Waals surface area contributed by atoms with Crippen LogP contribution in [-0.4, -0.2) is 35.5 Å². The summed E-state index contributed by atoms with van der Waals surface area (Å²) >= 11 is 0. The lowest BCUT2D eigenvalue weighted by molar-refractivity contribution is -0.131. The number of nitrogen functional groups attached to an aromatic ring is 1. The van der Waals surface area contributed by atoms with E-state index in [1.54, 1.807) is 4.90 Å². The number of hydrogen-bond acceptors (Lipinski definition) is 4. The molecule has 6 nitrogen and oxygen atoms in total. The number of hydrazone groups is 1. The first-order valence-electron chi connectivity index (χ1n) is 7.91. The monoisotopic (exact) mass is 328 g/mol. The number of carbonyl (C=O) groups is 2. The number of rotatable bonds is 1. The van der Waals surface area contributed by atoms with Crippen LogP contribution in [0.15, 0.2) is 22.8 Å².